The van der Waals surface area contributed by atoms with Gasteiger partial charge in [-0.05, 0) is 0 Å². The number of nitrogens with zero attached hydrogens (tertiary/aromatic N) is 3. The van der Waals surface area contributed by atoms with Crippen LogP contribution in [0.1, 0.15) is 10.6 Å². The van der Waals surface area contributed by atoms with E-state index in [9.17, 15) is 0 Å². The second-order valence-corrected chi connectivity index (χ2v) is 5.86. The van der Waals surface area contributed by atoms with Crippen LogP contribution >= 0.6 is 11.3 Å². The first-order valence-corrected chi connectivity index (χ1v) is 7.67. The topological polar surface area (TPSA) is 68.7 Å². The molecule has 0 amide bonds. The van der Waals surface area contributed by atoms with Gasteiger partial charge < -0.3 is 14.4 Å². The Morgan fingerprint density at radius 2 is 2.14 bits per heavy atom. The number of hydrogen-bond donors (Lipinski definition) is 1. The van der Waals surface area contributed by atoms with Crippen LogP contribution in [0.3, 0.4) is 0 Å². The van der Waals surface area contributed by atoms with Crippen LogP contribution in [0.5, 0.6) is 11.6 Å². The zero-order valence-electron chi connectivity index (χ0n) is 12.8. The van der Waals surface area contributed by atoms with E-state index in [1.54, 1.807) is 32.7 Å². The molecular weight excluding hydrogens is 304 g/mol. The van der Waals surface area contributed by atoms with Crippen molar-refractivity contribution in [2.24, 2.45) is 0 Å². The normalized spacial score (nSPS) is 13.7. The summed E-state index contributed by atoms with van der Waals surface area (Å²) in [6.07, 6.45) is 2.70. The van der Waals surface area contributed by atoms with Crippen molar-refractivity contribution >= 4 is 22.2 Å². The predicted octanol–water partition coefficient (Wildman–Crippen LogP) is 2.09. The molecule has 0 saturated carbocycles. The van der Waals surface area contributed by atoms with Gasteiger partial charge in [0.2, 0.25) is 5.13 Å². The van der Waals surface area contributed by atoms with Gasteiger partial charge in [0.15, 0.2) is 5.75 Å². The number of hydrogen-bond acceptors (Lipinski definition) is 8. The molecule has 1 aliphatic rings. The van der Waals surface area contributed by atoms with Gasteiger partial charge in [-0.2, -0.15) is 0 Å². The molecule has 0 unspecified atom stereocenters. The van der Waals surface area contributed by atoms with E-state index < -0.39 is 0 Å². The number of aromatic nitrogens is 2. The van der Waals surface area contributed by atoms with Gasteiger partial charge in [-0.3, -0.25) is 4.84 Å². The maximum Gasteiger partial charge on any atom is 0.256 e. The zero-order valence-corrected chi connectivity index (χ0v) is 13.6. The molecule has 0 radical (unpaired) electrons. The second kappa shape index (κ2) is 6.37. The lowest BCUT2D eigenvalue weighted by Gasteiger charge is -2.28. The molecule has 0 saturated heterocycles. The smallest absolute Gasteiger partial charge is 0.256 e. The van der Waals surface area contributed by atoms with E-state index in [2.05, 4.69) is 20.3 Å². The minimum atomic E-state index is 0.494. The Kier molecular flexibility index (Phi) is 4.30. The molecule has 0 atom stereocenters. The first-order chi connectivity index (χ1) is 10.7. The lowest BCUT2D eigenvalue weighted by atomic mass is 10.1. The number of pyridine rings is 1. The van der Waals surface area contributed by atoms with E-state index in [1.807, 2.05) is 12.3 Å². The molecule has 118 valence electrons. The van der Waals surface area contributed by atoms with E-state index in [1.165, 1.54) is 4.88 Å². The van der Waals surface area contributed by atoms with Crippen molar-refractivity contribution in [3.63, 3.8) is 0 Å². The molecule has 1 aliphatic heterocycles. The van der Waals surface area contributed by atoms with Crippen molar-refractivity contribution in [2.45, 2.75) is 13.0 Å². The number of methoxy groups -OCH3 is 2. The minimum Gasteiger partial charge on any atom is -0.491 e. The fourth-order valence-corrected chi connectivity index (χ4v) is 3.44. The summed E-state index contributed by atoms with van der Waals surface area (Å²) >= 11 is 1.61. The number of nitrogens with one attached hydrogen (secondary N) is 1. The standard InChI is InChI=1S/C14H18N4O3S/c1-19-11-6-9(7-15-13(11)20-2)18-5-4-10-12(8-18)22-14(16-10)17-21-3/h6-7H,4-5,8H2,1-3H3,(H,16,17). The maximum atomic E-state index is 5.32. The number of ether oxygens (including phenoxy) is 2. The summed E-state index contributed by atoms with van der Waals surface area (Å²) in [6.45, 7) is 1.69. The molecule has 0 aromatic carbocycles. The number of anilines is 2. The van der Waals surface area contributed by atoms with E-state index >= 15 is 0 Å². The van der Waals surface area contributed by atoms with Gasteiger partial charge in [-0.15, -0.1) is 0 Å². The molecule has 0 fully saturated rings. The van der Waals surface area contributed by atoms with Crippen LogP contribution in [0.25, 0.3) is 0 Å². The van der Waals surface area contributed by atoms with Crippen molar-refractivity contribution in [1.82, 2.24) is 9.97 Å². The fourth-order valence-electron chi connectivity index (χ4n) is 2.44. The molecule has 2 aromatic rings. The summed E-state index contributed by atoms with van der Waals surface area (Å²) in [7, 11) is 4.78. The average molecular weight is 322 g/mol. The Labute approximate surface area is 132 Å². The van der Waals surface area contributed by atoms with Crippen molar-refractivity contribution in [3.05, 3.63) is 22.8 Å². The third-order valence-corrected chi connectivity index (χ3v) is 4.48. The highest BCUT2D eigenvalue weighted by molar-refractivity contribution is 7.15. The summed E-state index contributed by atoms with van der Waals surface area (Å²) in [5.41, 5.74) is 4.94. The maximum absolute atomic E-state index is 5.32. The summed E-state index contributed by atoms with van der Waals surface area (Å²) in [4.78, 5) is 17.2. The van der Waals surface area contributed by atoms with Crippen molar-refractivity contribution < 1.29 is 14.3 Å². The van der Waals surface area contributed by atoms with Crippen molar-refractivity contribution in [1.29, 1.82) is 0 Å². The largest absolute Gasteiger partial charge is 0.491 e. The summed E-state index contributed by atoms with van der Waals surface area (Å²) in [5.74, 6) is 1.13. The molecule has 1 N–H and O–H groups in total. The summed E-state index contributed by atoms with van der Waals surface area (Å²) < 4.78 is 10.5. The lowest BCUT2D eigenvalue weighted by Crippen LogP contribution is -2.29. The Hall–Kier alpha value is -2.06. The molecule has 7 nitrogen and oxygen atoms in total. The van der Waals surface area contributed by atoms with Gasteiger partial charge in [-0.25, -0.2) is 15.4 Å². The van der Waals surface area contributed by atoms with Crippen LogP contribution in [-0.4, -0.2) is 37.8 Å². The Morgan fingerprint density at radius 3 is 2.86 bits per heavy atom. The second-order valence-electron chi connectivity index (χ2n) is 4.77. The third-order valence-electron chi connectivity index (χ3n) is 3.50. The average Bonchev–Trinajstić information content (AvgIpc) is 2.96. The highest BCUT2D eigenvalue weighted by Crippen LogP contribution is 2.33. The lowest BCUT2D eigenvalue weighted by molar-refractivity contribution is 0.270. The molecule has 0 aliphatic carbocycles. The van der Waals surface area contributed by atoms with E-state index in [4.69, 9.17) is 14.3 Å². The van der Waals surface area contributed by atoms with Gasteiger partial charge >= 0.3 is 0 Å². The van der Waals surface area contributed by atoms with Crippen LogP contribution in [0.15, 0.2) is 12.3 Å². The van der Waals surface area contributed by atoms with Gasteiger partial charge in [0, 0.05) is 23.9 Å². The predicted molar refractivity (Wildman–Crippen MR) is 84.8 cm³/mol. The van der Waals surface area contributed by atoms with Crippen LogP contribution in [0, 0.1) is 0 Å². The first kappa shape index (κ1) is 14.9. The SMILES string of the molecule is CONc1nc2c(s1)CN(c1cnc(OC)c(OC)c1)CC2. The molecule has 0 spiro atoms. The zero-order chi connectivity index (χ0) is 15.5. The summed E-state index contributed by atoms with van der Waals surface area (Å²) in [6, 6.07) is 1.95. The van der Waals surface area contributed by atoms with E-state index in [0.717, 1.165) is 36.0 Å². The summed E-state index contributed by atoms with van der Waals surface area (Å²) in [5, 5.41) is 0.791. The highest BCUT2D eigenvalue weighted by Gasteiger charge is 2.22. The highest BCUT2D eigenvalue weighted by atomic mass is 32.1. The van der Waals surface area contributed by atoms with Gasteiger partial charge in [0.05, 0.1) is 45.5 Å². The first-order valence-electron chi connectivity index (χ1n) is 6.85. The van der Waals surface area contributed by atoms with Crippen molar-refractivity contribution in [3.8, 4) is 11.6 Å². The molecule has 0 bridgehead atoms. The Balaban J connectivity index is 1.82. The van der Waals surface area contributed by atoms with Crippen LogP contribution < -0.4 is 19.9 Å². The van der Waals surface area contributed by atoms with Crippen LogP contribution in [0.4, 0.5) is 10.8 Å². The van der Waals surface area contributed by atoms with E-state index in [-0.39, 0.29) is 0 Å². The molecule has 8 heteroatoms. The van der Waals surface area contributed by atoms with Crippen LogP contribution in [-0.2, 0) is 17.8 Å². The van der Waals surface area contributed by atoms with Gasteiger partial charge in [-0.1, -0.05) is 11.3 Å². The number of thiazole rings is 1. The molecule has 22 heavy (non-hydrogen) atoms. The Morgan fingerprint density at radius 1 is 1.27 bits per heavy atom. The molecular formula is C14H18N4O3S. The number of fused-ring (bicyclic) bond motifs is 1. The monoisotopic (exact) mass is 322 g/mol. The minimum absolute atomic E-state index is 0.494. The Bertz CT molecular complexity index is 662. The van der Waals surface area contributed by atoms with Crippen molar-refractivity contribution in [2.75, 3.05) is 38.3 Å². The van der Waals surface area contributed by atoms with Crippen LogP contribution in [0.2, 0.25) is 0 Å². The third kappa shape index (κ3) is 2.79. The van der Waals surface area contributed by atoms with Gasteiger partial charge in [0.25, 0.3) is 5.88 Å². The quantitative estimate of drug-likeness (QED) is 0.845. The fraction of sp³-hybridized carbons (Fsp3) is 0.429. The van der Waals surface area contributed by atoms with E-state index in [0.29, 0.717) is 11.6 Å². The molecule has 3 heterocycles. The van der Waals surface area contributed by atoms with Gasteiger partial charge in [0.1, 0.15) is 0 Å². The number of rotatable bonds is 5. The molecule has 3 rings (SSSR count). The molecule has 2 aromatic heterocycles.